The Morgan fingerprint density at radius 2 is 2.07 bits per heavy atom. The second-order valence-corrected chi connectivity index (χ2v) is 9.94. The fourth-order valence-corrected chi connectivity index (χ4v) is 5.69. The molecule has 3 rings (SSSR count). The van der Waals surface area contributed by atoms with Gasteiger partial charge < -0.3 is 14.8 Å². The van der Waals surface area contributed by atoms with Crippen LogP contribution < -0.4 is 10.1 Å². The molecule has 2 heterocycles. The molecule has 0 unspecified atom stereocenters. The molecule has 1 aromatic carbocycles. The molecule has 1 aromatic rings. The Labute approximate surface area is 183 Å². The van der Waals surface area contributed by atoms with Gasteiger partial charge in [-0.1, -0.05) is 11.6 Å². The van der Waals surface area contributed by atoms with E-state index in [4.69, 9.17) is 21.1 Å². The number of benzene rings is 1. The van der Waals surface area contributed by atoms with Gasteiger partial charge >= 0.3 is 0 Å². The van der Waals surface area contributed by atoms with Crippen LogP contribution in [0.15, 0.2) is 23.1 Å². The van der Waals surface area contributed by atoms with Crippen molar-refractivity contribution in [3.8, 4) is 5.75 Å². The summed E-state index contributed by atoms with van der Waals surface area (Å²) < 4.78 is 37.8. The van der Waals surface area contributed by atoms with Crippen molar-refractivity contribution in [2.75, 3.05) is 59.6 Å². The van der Waals surface area contributed by atoms with Crippen LogP contribution in [0.1, 0.15) is 19.3 Å². The standard InChI is InChI=1S/C20H30ClN3O5S/c1-28-19-6-5-17(14-18(19)21)30(26,27)24-9-2-4-16(15-24)20(25)22-7-3-8-23-10-12-29-13-11-23/h5-6,14,16H,2-4,7-13,15H2,1H3,(H,22,25)/t16-/m0/s1. The Balaban J connectivity index is 1.52. The first-order chi connectivity index (χ1) is 14.4. The molecule has 1 amide bonds. The average molecular weight is 460 g/mol. The monoisotopic (exact) mass is 459 g/mol. The van der Waals surface area contributed by atoms with Gasteiger partial charge in [0.1, 0.15) is 5.75 Å². The third kappa shape index (κ3) is 5.85. The molecule has 2 fully saturated rings. The summed E-state index contributed by atoms with van der Waals surface area (Å²) in [4.78, 5) is 15.0. The van der Waals surface area contributed by atoms with Crippen molar-refractivity contribution in [2.45, 2.75) is 24.2 Å². The number of nitrogens with zero attached hydrogens (tertiary/aromatic N) is 2. The van der Waals surface area contributed by atoms with E-state index in [0.717, 1.165) is 39.3 Å². The van der Waals surface area contributed by atoms with E-state index in [2.05, 4.69) is 10.2 Å². The highest BCUT2D eigenvalue weighted by Gasteiger charge is 2.33. The smallest absolute Gasteiger partial charge is 0.243 e. The molecular weight excluding hydrogens is 430 g/mol. The number of carbonyl (C=O) groups is 1. The van der Waals surface area contributed by atoms with Gasteiger partial charge in [0.15, 0.2) is 0 Å². The summed E-state index contributed by atoms with van der Waals surface area (Å²) in [5.41, 5.74) is 0. The summed E-state index contributed by atoms with van der Waals surface area (Å²) in [6.07, 6.45) is 2.20. The van der Waals surface area contributed by atoms with Crippen molar-refractivity contribution in [1.82, 2.24) is 14.5 Å². The second-order valence-electron chi connectivity index (χ2n) is 7.60. The van der Waals surface area contributed by atoms with E-state index in [9.17, 15) is 13.2 Å². The molecule has 30 heavy (non-hydrogen) atoms. The third-order valence-corrected chi connectivity index (χ3v) is 7.73. The quantitative estimate of drug-likeness (QED) is 0.594. The molecule has 0 radical (unpaired) electrons. The molecular formula is C20H30ClN3O5S. The molecule has 168 valence electrons. The normalized spacial score (nSPS) is 21.3. The zero-order chi connectivity index (χ0) is 21.6. The molecule has 0 spiro atoms. The SMILES string of the molecule is COc1ccc(S(=O)(=O)N2CCC[C@H](C(=O)NCCCN3CCOCC3)C2)cc1Cl. The minimum absolute atomic E-state index is 0.0790. The summed E-state index contributed by atoms with van der Waals surface area (Å²) in [7, 11) is -2.24. The summed E-state index contributed by atoms with van der Waals surface area (Å²) >= 11 is 6.10. The van der Waals surface area contributed by atoms with Gasteiger partial charge in [0, 0.05) is 32.7 Å². The maximum Gasteiger partial charge on any atom is 0.243 e. The molecule has 8 nitrogen and oxygen atoms in total. The first-order valence-corrected chi connectivity index (χ1v) is 12.1. The van der Waals surface area contributed by atoms with E-state index in [1.165, 1.54) is 29.6 Å². The predicted octanol–water partition coefficient (Wildman–Crippen LogP) is 1.59. The van der Waals surface area contributed by atoms with Crippen LogP contribution in [0.4, 0.5) is 0 Å². The lowest BCUT2D eigenvalue weighted by molar-refractivity contribution is -0.126. The lowest BCUT2D eigenvalue weighted by Crippen LogP contribution is -2.45. The lowest BCUT2D eigenvalue weighted by Gasteiger charge is -2.31. The topological polar surface area (TPSA) is 88.2 Å². The number of morpholine rings is 1. The van der Waals surface area contributed by atoms with Crippen LogP contribution in [0.3, 0.4) is 0 Å². The Morgan fingerprint density at radius 1 is 1.30 bits per heavy atom. The van der Waals surface area contributed by atoms with Crippen LogP contribution in [-0.4, -0.2) is 83.1 Å². The predicted molar refractivity (Wildman–Crippen MR) is 114 cm³/mol. The Kier molecular flexibility index (Phi) is 8.35. The molecule has 1 N–H and O–H groups in total. The number of methoxy groups -OCH3 is 1. The maximum atomic E-state index is 13.0. The molecule has 1 atom stereocenters. The second kappa shape index (κ2) is 10.8. The number of amides is 1. The Morgan fingerprint density at radius 3 is 2.77 bits per heavy atom. The molecule has 0 bridgehead atoms. The number of ether oxygens (including phenoxy) is 2. The van der Waals surface area contributed by atoms with Crippen molar-refractivity contribution in [1.29, 1.82) is 0 Å². The van der Waals surface area contributed by atoms with E-state index in [-0.39, 0.29) is 28.3 Å². The lowest BCUT2D eigenvalue weighted by atomic mass is 9.99. The maximum absolute atomic E-state index is 13.0. The van der Waals surface area contributed by atoms with Crippen LogP contribution >= 0.6 is 11.6 Å². The van der Waals surface area contributed by atoms with Crippen molar-refractivity contribution in [3.05, 3.63) is 23.2 Å². The van der Waals surface area contributed by atoms with Crippen molar-refractivity contribution < 1.29 is 22.7 Å². The van der Waals surface area contributed by atoms with Crippen LogP contribution in [0, 0.1) is 5.92 Å². The Bertz CT molecular complexity index is 830. The van der Waals surface area contributed by atoms with Crippen molar-refractivity contribution in [3.63, 3.8) is 0 Å². The van der Waals surface area contributed by atoms with Gasteiger partial charge in [-0.3, -0.25) is 9.69 Å². The minimum atomic E-state index is -3.72. The minimum Gasteiger partial charge on any atom is -0.495 e. The fourth-order valence-electron chi connectivity index (χ4n) is 3.81. The van der Waals surface area contributed by atoms with Gasteiger partial charge in [0.25, 0.3) is 0 Å². The van der Waals surface area contributed by atoms with Gasteiger partial charge in [-0.05, 0) is 44.0 Å². The number of hydrogen-bond donors (Lipinski definition) is 1. The largest absolute Gasteiger partial charge is 0.495 e. The zero-order valence-electron chi connectivity index (χ0n) is 17.3. The summed E-state index contributed by atoms with van der Waals surface area (Å²) in [6.45, 7) is 5.47. The number of piperidine rings is 1. The van der Waals surface area contributed by atoms with Gasteiger partial charge in [0.2, 0.25) is 15.9 Å². The summed E-state index contributed by atoms with van der Waals surface area (Å²) in [6, 6.07) is 4.41. The highest BCUT2D eigenvalue weighted by Crippen LogP contribution is 2.30. The zero-order valence-corrected chi connectivity index (χ0v) is 18.9. The van der Waals surface area contributed by atoms with Gasteiger partial charge in [-0.2, -0.15) is 4.31 Å². The number of halogens is 1. The highest BCUT2D eigenvalue weighted by molar-refractivity contribution is 7.89. The highest BCUT2D eigenvalue weighted by atomic mass is 35.5. The number of hydrogen-bond acceptors (Lipinski definition) is 6. The van der Waals surface area contributed by atoms with Gasteiger partial charge in [0.05, 0.1) is 36.2 Å². The van der Waals surface area contributed by atoms with E-state index >= 15 is 0 Å². The van der Waals surface area contributed by atoms with Crippen LogP contribution in [-0.2, 0) is 19.6 Å². The molecule has 2 saturated heterocycles. The molecule has 10 heteroatoms. The number of rotatable bonds is 8. The summed E-state index contributed by atoms with van der Waals surface area (Å²) in [5, 5.41) is 3.21. The number of carbonyl (C=O) groups excluding carboxylic acids is 1. The molecule has 0 aliphatic carbocycles. The third-order valence-electron chi connectivity index (χ3n) is 5.57. The van der Waals surface area contributed by atoms with E-state index < -0.39 is 10.0 Å². The molecule has 0 saturated carbocycles. The van der Waals surface area contributed by atoms with Crippen LogP contribution in [0.2, 0.25) is 5.02 Å². The van der Waals surface area contributed by atoms with E-state index in [0.29, 0.717) is 31.7 Å². The van der Waals surface area contributed by atoms with E-state index in [1.54, 1.807) is 0 Å². The summed E-state index contributed by atoms with van der Waals surface area (Å²) in [5.74, 6) is -0.00105. The molecule has 2 aliphatic rings. The molecule has 0 aromatic heterocycles. The number of sulfonamides is 1. The van der Waals surface area contributed by atoms with Gasteiger partial charge in [-0.15, -0.1) is 0 Å². The van der Waals surface area contributed by atoms with Crippen LogP contribution in [0.5, 0.6) is 5.75 Å². The molecule has 2 aliphatic heterocycles. The Hall–Kier alpha value is -1.39. The van der Waals surface area contributed by atoms with E-state index in [1.807, 2.05) is 0 Å². The van der Waals surface area contributed by atoms with Crippen molar-refractivity contribution >= 4 is 27.5 Å². The first-order valence-electron chi connectivity index (χ1n) is 10.3. The van der Waals surface area contributed by atoms with Gasteiger partial charge in [-0.25, -0.2) is 8.42 Å². The van der Waals surface area contributed by atoms with Crippen LogP contribution in [0.25, 0.3) is 0 Å². The average Bonchev–Trinajstić information content (AvgIpc) is 2.77. The van der Waals surface area contributed by atoms with Crippen molar-refractivity contribution in [2.24, 2.45) is 5.92 Å². The fraction of sp³-hybridized carbons (Fsp3) is 0.650. The number of nitrogens with one attached hydrogen (secondary N) is 1. The first kappa shape index (κ1) is 23.3.